The van der Waals surface area contributed by atoms with Gasteiger partial charge < -0.3 is 9.84 Å². The highest BCUT2D eigenvalue weighted by Crippen LogP contribution is 2.32. The Balaban J connectivity index is 3.28. The number of benzene rings is 1. The standard InChI is InChI=1S/C9H8ClNO5/c1-16-8-4-6(10)7(11(14)15)2-5(8)3-9(12)13/h2,4H,3H2,1H3,(H,12,13). The van der Waals surface area contributed by atoms with Crippen LogP contribution in [0.5, 0.6) is 5.75 Å². The van der Waals surface area contributed by atoms with Crippen LogP contribution in [-0.4, -0.2) is 23.1 Å². The fraction of sp³-hybridized carbons (Fsp3) is 0.222. The van der Waals surface area contributed by atoms with Gasteiger partial charge in [-0.15, -0.1) is 0 Å². The Morgan fingerprint density at radius 2 is 2.25 bits per heavy atom. The van der Waals surface area contributed by atoms with E-state index in [-0.39, 0.29) is 28.4 Å². The molecule has 7 heteroatoms. The average Bonchev–Trinajstić information content (AvgIpc) is 2.18. The van der Waals surface area contributed by atoms with Crippen LogP contribution in [0.1, 0.15) is 5.56 Å². The molecule has 16 heavy (non-hydrogen) atoms. The molecule has 0 atom stereocenters. The normalized spacial score (nSPS) is 9.88. The summed E-state index contributed by atoms with van der Waals surface area (Å²) in [5.74, 6) is -0.882. The van der Waals surface area contributed by atoms with Crippen molar-refractivity contribution in [2.24, 2.45) is 0 Å². The van der Waals surface area contributed by atoms with E-state index in [0.717, 1.165) is 6.07 Å². The number of aliphatic carboxylic acids is 1. The molecule has 0 fully saturated rings. The number of hydrogen-bond acceptors (Lipinski definition) is 4. The second-order valence-corrected chi connectivity index (χ2v) is 3.35. The third kappa shape index (κ3) is 2.60. The summed E-state index contributed by atoms with van der Waals surface area (Å²) in [5, 5.41) is 19.1. The van der Waals surface area contributed by atoms with Crippen molar-refractivity contribution in [1.29, 1.82) is 0 Å². The number of nitrogens with zero attached hydrogens (tertiary/aromatic N) is 1. The van der Waals surface area contributed by atoms with Gasteiger partial charge in [0.2, 0.25) is 0 Å². The SMILES string of the molecule is COc1cc(Cl)c([N+](=O)[O-])cc1CC(=O)O. The van der Waals surface area contributed by atoms with Crippen molar-refractivity contribution in [3.63, 3.8) is 0 Å². The summed E-state index contributed by atoms with van der Waals surface area (Å²) in [4.78, 5) is 20.5. The van der Waals surface area contributed by atoms with Crippen molar-refractivity contribution in [3.8, 4) is 5.75 Å². The van der Waals surface area contributed by atoms with Gasteiger partial charge in [-0.1, -0.05) is 11.6 Å². The maximum atomic E-state index is 10.6. The highest BCUT2D eigenvalue weighted by atomic mass is 35.5. The van der Waals surface area contributed by atoms with Gasteiger partial charge in [0.05, 0.1) is 18.5 Å². The molecule has 86 valence electrons. The van der Waals surface area contributed by atoms with E-state index in [9.17, 15) is 14.9 Å². The minimum Gasteiger partial charge on any atom is -0.496 e. The molecular weight excluding hydrogens is 238 g/mol. The quantitative estimate of drug-likeness (QED) is 0.646. The predicted octanol–water partition coefficient (Wildman–Crippen LogP) is 1.88. The first-order valence-corrected chi connectivity index (χ1v) is 4.56. The molecule has 1 aromatic rings. The lowest BCUT2D eigenvalue weighted by Gasteiger charge is -2.07. The Kier molecular flexibility index (Phi) is 3.68. The summed E-state index contributed by atoms with van der Waals surface area (Å²) in [6.45, 7) is 0. The van der Waals surface area contributed by atoms with Crippen LogP contribution in [0.25, 0.3) is 0 Å². The number of ether oxygens (including phenoxy) is 1. The number of carboxylic acid groups (broad SMARTS) is 1. The molecule has 0 radical (unpaired) electrons. The Hall–Kier alpha value is -1.82. The zero-order chi connectivity index (χ0) is 12.3. The summed E-state index contributed by atoms with van der Waals surface area (Å²) in [5.41, 5.74) is -0.121. The summed E-state index contributed by atoms with van der Waals surface area (Å²) < 4.78 is 4.89. The van der Waals surface area contributed by atoms with Gasteiger partial charge in [0.1, 0.15) is 10.8 Å². The molecule has 0 spiro atoms. The van der Waals surface area contributed by atoms with Crippen molar-refractivity contribution < 1.29 is 19.6 Å². The maximum Gasteiger partial charge on any atom is 0.307 e. The first-order valence-electron chi connectivity index (χ1n) is 4.18. The van der Waals surface area contributed by atoms with E-state index < -0.39 is 10.9 Å². The summed E-state index contributed by atoms with van der Waals surface area (Å²) in [6.07, 6.45) is -0.360. The minimum atomic E-state index is -1.10. The van der Waals surface area contributed by atoms with Gasteiger partial charge in [0.25, 0.3) is 5.69 Å². The number of halogens is 1. The molecule has 0 aliphatic rings. The van der Waals surface area contributed by atoms with Gasteiger partial charge in [0.15, 0.2) is 0 Å². The van der Waals surface area contributed by atoms with E-state index in [4.69, 9.17) is 21.4 Å². The van der Waals surface area contributed by atoms with Crippen LogP contribution in [0.4, 0.5) is 5.69 Å². The van der Waals surface area contributed by atoms with Crippen LogP contribution < -0.4 is 4.74 Å². The van der Waals surface area contributed by atoms with Crippen molar-refractivity contribution in [2.45, 2.75) is 6.42 Å². The van der Waals surface area contributed by atoms with E-state index in [1.54, 1.807) is 0 Å². The van der Waals surface area contributed by atoms with E-state index in [1.807, 2.05) is 0 Å². The molecule has 1 aromatic carbocycles. The Morgan fingerprint density at radius 3 is 2.69 bits per heavy atom. The molecule has 0 aliphatic heterocycles. The van der Waals surface area contributed by atoms with E-state index in [2.05, 4.69) is 0 Å². The smallest absolute Gasteiger partial charge is 0.307 e. The number of hydrogen-bond donors (Lipinski definition) is 1. The van der Waals surface area contributed by atoms with Crippen LogP contribution in [0.15, 0.2) is 12.1 Å². The monoisotopic (exact) mass is 245 g/mol. The molecule has 0 aliphatic carbocycles. The highest BCUT2D eigenvalue weighted by molar-refractivity contribution is 6.32. The van der Waals surface area contributed by atoms with Crippen LogP contribution in [-0.2, 0) is 11.2 Å². The summed E-state index contributed by atoms with van der Waals surface area (Å²) >= 11 is 5.64. The van der Waals surface area contributed by atoms with Crippen molar-refractivity contribution in [2.75, 3.05) is 7.11 Å². The number of methoxy groups -OCH3 is 1. The Morgan fingerprint density at radius 1 is 1.62 bits per heavy atom. The van der Waals surface area contributed by atoms with E-state index >= 15 is 0 Å². The van der Waals surface area contributed by atoms with Gasteiger partial charge >= 0.3 is 5.97 Å². The molecule has 0 bridgehead atoms. The fourth-order valence-electron chi connectivity index (χ4n) is 1.22. The van der Waals surface area contributed by atoms with Gasteiger partial charge in [-0.25, -0.2) is 0 Å². The van der Waals surface area contributed by atoms with Gasteiger partial charge in [0, 0.05) is 17.7 Å². The largest absolute Gasteiger partial charge is 0.496 e. The lowest BCUT2D eigenvalue weighted by molar-refractivity contribution is -0.384. The molecule has 0 heterocycles. The molecule has 0 unspecified atom stereocenters. The first kappa shape index (κ1) is 12.3. The predicted molar refractivity (Wildman–Crippen MR) is 56.0 cm³/mol. The van der Waals surface area contributed by atoms with Crippen LogP contribution in [0.2, 0.25) is 5.02 Å². The lowest BCUT2D eigenvalue weighted by Crippen LogP contribution is -2.03. The summed E-state index contributed by atoms with van der Waals surface area (Å²) in [7, 11) is 1.34. The van der Waals surface area contributed by atoms with Gasteiger partial charge in [-0.05, 0) is 0 Å². The van der Waals surface area contributed by atoms with Crippen molar-refractivity contribution in [3.05, 3.63) is 32.8 Å². The third-order valence-corrected chi connectivity index (χ3v) is 2.19. The third-order valence-electron chi connectivity index (χ3n) is 1.89. The van der Waals surface area contributed by atoms with Gasteiger partial charge in [-0.3, -0.25) is 14.9 Å². The molecule has 0 saturated heterocycles. The van der Waals surface area contributed by atoms with E-state index in [0.29, 0.717) is 0 Å². The molecule has 0 saturated carbocycles. The van der Waals surface area contributed by atoms with Crippen LogP contribution in [0.3, 0.4) is 0 Å². The molecule has 1 rings (SSSR count). The maximum absolute atomic E-state index is 10.6. The molecule has 1 N–H and O–H groups in total. The second-order valence-electron chi connectivity index (χ2n) is 2.94. The lowest BCUT2D eigenvalue weighted by atomic mass is 10.1. The number of nitro groups is 1. The molecular formula is C9H8ClNO5. The Labute approximate surface area is 95.6 Å². The average molecular weight is 246 g/mol. The van der Waals surface area contributed by atoms with Crippen LogP contribution >= 0.6 is 11.6 Å². The zero-order valence-electron chi connectivity index (χ0n) is 8.27. The minimum absolute atomic E-state index is 0.0870. The summed E-state index contributed by atoms with van der Waals surface area (Å²) in [6, 6.07) is 2.34. The molecule has 6 nitrogen and oxygen atoms in total. The first-order chi connectivity index (χ1) is 7.45. The van der Waals surface area contributed by atoms with E-state index in [1.165, 1.54) is 13.2 Å². The highest BCUT2D eigenvalue weighted by Gasteiger charge is 2.18. The number of rotatable bonds is 4. The van der Waals surface area contributed by atoms with Crippen molar-refractivity contribution >= 4 is 23.3 Å². The topological polar surface area (TPSA) is 89.7 Å². The number of nitro benzene ring substituents is 1. The van der Waals surface area contributed by atoms with Crippen molar-refractivity contribution in [1.82, 2.24) is 0 Å². The second kappa shape index (κ2) is 4.80. The fourth-order valence-corrected chi connectivity index (χ4v) is 1.44. The Bertz CT molecular complexity index is 446. The number of carboxylic acids is 1. The number of carbonyl (C=O) groups is 1. The molecule has 0 amide bonds. The molecule has 0 aromatic heterocycles. The van der Waals surface area contributed by atoms with Crippen LogP contribution in [0, 0.1) is 10.1 Å². The zero-order valence-corrected chi connectivity index (χ0v) is 9.02. The van der Waals surface area contributed by atoms with Gasteiger partial charge in [-0.2, -0.15) is 0 Å².